The number of carbonyl (C=O) groups is 2. The number of carbonyl (C=O) groups excluding carboxylic acids is 2. The average Bonchev–Trinajstić information content (AvgIpc) is 3.92. The number of likely N-dealkylation sites (tertiary alicyclic amines) is 1. The van der Waals surface area contributed by atoms with Crippen LogP contribution in [0.5, 0.6) is 17.4 Å². The van der Waals surface area contributed by atoms with Gasteiger partial charge in [-0.15, -0.1) is 13.2 Å². The Balaban J connectivity index is 1.35. The number of halogens is 3. The first kappa shape index (κ1) is 48.0. The van der Waals surface area contributed by atoms with Gasteiger partial charge in [0.1, 0.15) is 36.0 Å². The number of aromatic nitrogens is 1. The summed E-state index contributed by atoms with van der Waals surface area (Å²) in [5.74, 6) is -2.69. The second-order valence-corrected chi connectivity index (χ2v) is 24.3. The van der Waals surface area contributed by atoms with E-state index in [1.807, 2.05) is 99.4 Å². The van der Waals surface area contributed by atoms with E-state index >= 15 is 9.59 Å². The van der Waals surface area contributed by atoms with E-state index in [1.165, 1.54) is 12.0 Å². The molecule has 1 unspecified atom stereocenters. The molecule has 0 spiro atoms. The first-order valence-corrected chi connectivity index (χ1v) is 25.8. The van der Waals surface area contributed by atoms with Crippen molar-refractivity contribution in [3.05, 3.63) is 137 Å². The standard InChI is InChI=1S/C52H60F3N3O8Si/c1-9-23-57(24-10-2)43-37-27-34-26-36-41(39(63-29-32-18-13-11-14-19-32)28-35(45(36)62-6)38-22-17-25-58(38)31-51(53,54)55)44(59)40(34)47(60)52(37,66-67(7,8)50(3,4)5)48(61)42-46(43)65-56-49(42)64-30-33-20-15-12-16-21-33/h9-16,18-21,28,34,37-38,43,59H,1-2,17,22-27,29-31H2,3-8H3/t34-,37-,38-,43-,52?/m0/s1. The van der Waals surface area contributed by atoms with Crippen molar-refractivity contribution in [3.63, 3.8) is 0 Å². The van der Waals surface area contributed by atoms with Crippen LogP contribution in [0, 0.1) is 11.8 Å². The van der Waals surface area contributed by atoms with E-state index in [1.54, 1.807) is 18.2 Å². The lowest BCUT2D eigenvalue weighted by atomic mass is 9.57. The molecule has 0 bridgehead atoms. The predicted molar refractivity (Wildman–Crippen MR) is 251 cm³/mol. The Morgan fingerprint density at radius 3 is 2.16 bits per heavy atom. The molecule has 1 aromatic heterocycles. The minimum atomic E-state index is -4.44. The number of fused-ring (bicyclic) bond motifs is 4. The van der Waals surface area contributed by atoms with Gasteiger partial charge in [0.25, 0.3) is 5.88 Å². The lowest BCUT2D eigenvalue weighted by molar-refractivity contribution is -0.147. The van der Waals surface area contributed by atoms with E-state index < -0.39 is 72.9 Å². The summed E-state index contributed by atoms with van der Waals surface area (Å²) in [7, 11) is -1.62. The maximum Gasteiger partial charge on any atom is 0.401 e. The Hall–Kier alpha value is -5.48. The molecule has 1 saturated carbocycles. The Bertz CT molecular complexity index is 2540. The van der Waals surface area contributed by atoms with E-state index in [0.717, 1.165) is 11.1 Å². The molecule has 1 aliphatic heterocycles. The summed E-state index contributed by atoms with van der Waals surface area (Å²) >= 11 is 0. The third kappa shape index (κ3) is 8.79. The molecule has 4 aliphatic rings. The number of Topliss-reactive ketones (excluding diaryl/α,β-unsaturated/α-hetero) is 2. The van der Waals surface area contributed by atoms with E-state index in [4.69, 9.17) is 23.2 Å². The molecule has 356 valence electrons. The fourth-order valence-corrected chi connectivity index (χ4v) is 11.9. The second-order valence-electron chi connectivity index (χ2n) is 19.6. The van der Waals surface area contributed by atoms with Crippen LogP contribution in [0.3, 0.4) is 0 Å². The molecule has 1 N–H and O–H groups in total. The fourth-order valence-electron chi connectivity index (χ4n) is 10.4. The van der Waals surface area contributed by atoms with Crippen LogP contribution in [0.15, 0.2) is 102 Å². The number of ketones is 2. The predicted octanol–water partition coefficient (Wildman–Crippen LogP) is 10.9. The van der Waals surface area contributed by atoms with Gasteiger partial charge in [-0.2, -0.15) is 13.2 Å². The van der Waals surface area contributed by atoms with E-state index in [2.05, 4.69) is 18.3 Å². The normalized spacial score (nSPS) is 23.1. The van der Waals surface area contributed by atoms with Crippen molar-refractivity contribution in [3.8, 4) is 17.4 Å². The Labute approximate surface area is 391 Å². The third-order valence-corrected chi connectivity index (χ3v) is 18.8. The molecule has 67 heavy (non-hydrogen) atoms. The highest BCUT2D eigenvalue weighted by atomic mass is 28.4. The third-order valence-electron chi connectivity index (χ3n) is 14.4. The molecular weight excluding hydrogens is 880 g/mol. The van der Waals surface area contributed by atoms with Crippen molar-refractivity contribution in [2.75, 3.05) is 33.3 Å². The number of benzene rings is 3. The molecule has 3 aromatic carbocycles. The Morgan fingerprint density at radius 2 is 1.58 bits per heavy atom. The topological polar surface area (TPSA) is 124 Å². The highest BCUT2D eigenvalue weighted by Crippen LogP contribution is 2.60. The number of nitrogens with zero attached hydrogens (tertiary/aromatic N) is 3. The smallest absolute Gasteiger partial charge is 0.401 e. The van der Waals surface area contributed by atoms with E-state index in [9.17, 15) is 18.3 Å². The Kier molecular flexibility index (Phi) is 13.3. The summed E-state index contributed by atoms with van der Waals surface area (Å²) in [5.41, 5.74) is 0.647. The van der Waals surface area contributed by atoms with Gasteiger partial charge in [-0.05, 0) is 78.6 Å². The number of alkyl halides is 3. The summed E-state index contributed by atoms with van der Waals surface area (Å²) in [6.45, 7) is 18.0. The quantitative estimate of drug-likeness (QED) is 0.0656. The molecule has 11 nitrogen and oxygen atoms in total. The Morgan fingerprint density at radius 1 is 0.955 bits per heavy atom. The van der Waals surface area contributed by atoms with Crippen LogP contribution in [0.4, 0.5) is 13.2 Å². The van der Waals surface area contributed by atoms with Crippen molar-refractivity contribution in [2.24, 2.45) is 11.8 Å². The number of hydrogen-bond acceptors (Lipinski definition) is 11. The van der Waals surface area contributed by atoms with Gasteiger partial charge in [-0.25, -0.2) is 0 Å². The monoisotopic (exact) mass is 939 g/mol. The largest absolute Gasteiger partial charge is 0.507 e. The summed E-state index contributed by atoms with van der Waals surface area (Å²) in [6.07, 6.45) is 0.282. The van der Waals surface area contributed by atoms with Crippen LogP contribution >= 0.6 is 0 Å². The van der Waals surface area contributed by atoms with Crippen molar-refractivity contribution in [2.45, 2.75) is 102 Å². The van der Waals surface area contributed by atoms with Gasteiger partial charge in [0.05, 0.1) is 25.3 Å². The van der Waals surface area contributed by atoms with Gasteiger partial charge in [-0.1, -0.05) is 93.6 Å². The zero-order valence-electron chi connectivity index (χ0n) is 39.1. The molecule has 15 heteroatoms. The molecule has 0 amide bonds. The summed E-state index contributed by atoms with van der Waals surface area (Å²) in [4.78, 5) is 35.7. The maximum absolute atomic E-state index is 16.3. The van der Waals surface area contributed by atoms with Crippen molar-refractivity contribution < 1.29 is 51.0 Å². The molecule has 2 fully saturated rings. The van der Waals surface area contributed by atoms with Crippen molar-refractivity contribution >= 4 is 25.6 Å². The number of ether oxygens (including phenoxy) is 3. The van der Waals surface area contributed by atoms with Gasteiger partial charge < -0.3 is 28.3 Å². The summed E-state index contributed by atoms with van der Waals surface area (Å²) in [5, 5.41) is 16.8. The number of aliphatic hydroxyl groups excluding tert-OH is 1. The number of hydrogen-bond donors (Lipinski definition) is 1. The van der Waals surface area contributed by atoms with Gasteiger partial charge in [0.2, 0.25) is 11.6 Å². The van der Waals surface area contributed by atoms with E-state index in [-0.39, 0.29) is 66.7 Å². The molecule has 1 saturated heterocycles. The number of rotatable bonds is 16. The minimum Gasteiger partial charge on any atom is -0.507 e. The molecular formula is C52H60F3N3O8Si. The molecule has 4 aromatic rings. The first-order valence-electron chi connectivity index (χ1n) is 22.9. The molecule has 2 heterocycles. The van der Waals surface area contributed by atoms with Crippen LogP contribution in [0.1, 0.15) is 96.1 Å². The van der Waals surface area contributed by atoms with Crippen LogP contribution in [-0.4, -0.2) is 85.0 Å². The van der Waals surface area contributed by atoms with Crippen LogP contribution in [0.2, 0.25) is 18.1 Å². The van der Waals surface area contributed by atoms with Crippen LogP contribution < -0.4 is 14.2 Å². The fraction of sp³-hybridized carbons (Fsp3) is 0.442. The average molecular weight is 940 g/mol. The number of methoxy groups -OCH3 is 1. The van der Waals surface area contributed by atoms with Crippen LogP contribution in [0.25, 0.3) is 5.76 Å². The summed E-state index contributed by atoms with van der Waals surface area (Å²) in [6, 6.07) is 19.0. The van der Waals surface area contributed by atoms with Gasteiger partial charge in [0.15, 0.2) is 19.7 Å². The maximum atomic E-state index is 16.3. The van der Waals surface area contributed by atoms with Gasteiger partial charge in [-0.3, -0.25) is 19.4 Å². The lowest BCUT2D eigenvalue weighted by Gasteiger charge is -2.55. The zero-order chi connectivity index (χ0) is 48.1. The lowest BCUT2D eigenvalue weighted by Crippen LogP contribution is -2.68. The van der Waals surface area contributed by atoms with Crippen molar-refractivity contribution in [1.29, 1.82) is 0 Å². The zero-order valence-corrected chi connectivity index (χ0v) is 40.1. The molecule has 8 rings (SSSR count). The van der Waals surface area contributed by atoms with Gasteiger partial charge in [0, 0.05) is 41.7 Å². The van der Waals surface area contributed by atoms with Crippen LogP contribution in [-0.2, 0) is 28.9 Å². The van der Waals surface area contributed by atoms with Crippen molar-refractivity contribution in [1.82, 2.24) is 15.0 Å². The SMILES string of the molecule is C=CCN(CC=C)[C@@H]1c2onc(OCc3ccccc3)c2C(=O)C2(O[Si](C)(C)C(C)(C)C)C(=O)C3=C(O)c4c(OCc5ccccc5)cc([C@@H]5CCCN5CC(F)(F)F)c(OC)c4C[C@H]3C[C@@H]12. The van der Waals surface area contributed by atoms with E-state index in [0.29, 0.717) is 42.8 Å². The minimum absolute atomic E-state index is 0.00437. The molecule has 3 aliphatic carbocycles. The highest BCUT2D eigenvalue weighted by molar-refractivity contribution is 6.74. The summed E-state index contributed by atoms with van der Waals surface area (Å²) < 4.78 is 74.6. The van der Waals surface area contributed by atoms with Gasteiger partial charge >= 0.3 is 6.18 Å². The second kappa shape index (κ2) is 18.5. The molecule has 5 atom stereocenters. The molecule has 0 radical (unpaired) electrons. The first-order chi connectivity index (χ1) is 31.8. The highest BCUT2D eigenvalue weighted by Gasteiger charge is 2.69. The number of aliphatic hydroxyl groups is 1.